The molecular weight excluding hydrogens is 492 g/mol. The van der Waals surface area contributed by atoms with Crippen LogP contribution in [0.25, 0.3) is 33.5 Å². The molecule has 0 radical (unpaired) electrons. The number of unbranched alkanes of at least 4 members (excludes halogenated alkanes) is 1. The Hall–Kier alpha value is -3.49. The first-order chi connectivity index (χ1) is 18.6. The van der Waals surface area contributed by atoms with Crippen LogP contribution in [0, 0.1) is 6.92 Å². The average Bonchev–Trinajstić information content (AvgIpc) is 3.48. The van der Waals surface area contributed by atoms with E-state index in [1.54, 1.807) is 11.8 Å². The molecule has 1 aliphatic rings. The number of benzene rings is 2. The lowest BCUT2D eigenvalue weighted by atomic mass is 9.99. The van der Waals surface area contributed by atoms with E-state index in [0.717, 1.165) is 89.1 Å². The number of thioether (sulfide) groups is 1. The molecule has 8 heteroatoms. The summed E-state index contributed by atoms with van der Waals surface area (Å²) >= 11 is 1.79. The normalized spacial score (nSPS) is 14.1. The first-order valence-corrected chi connectivity index (χ1v) is 14.3. The van der Waals surface area contributed by atoms with E-state index in [1.807, 2.05) is 31.3 Å². The highest BCUT2D eigenvalue weighted by Crippen LogP contribution is 2.27. The van der Waals surface area contributed by atoms with Crippen molar-refractivity contribution in [2.45, 2.75) is 37.8 Å². The summed E-state index contributed by atoms with van der Waals surface area (Å²) in [5.74, 6) is 2.79. The lowest BCUT2D eigenvalue weighted by molar-refractivity contribution is 0.283. The smallest absolute Gasteiger partial charge is 0.191 e. The summed E-state index contributed by atoms with van der Waals surface area (Å²) in [5.41, 5.74) is 7.05. The molecule has 38 heavy (non-hydrogen) atoms. The Labute approximate surface area is 227 Å². The van der Waals surface area contributed by atoms with Gasteiger partial charge in [-0.15, -0.1) is 10.2 Å². The predicted octanol–water partition coefficient (Wildman–Crippen LogP) is 5.97. The van der Waals surface area contributed by atoms with E-state index in [9.17, 15) is 0 Å². The molecule has 0 fully saturated rings. The monoisotopic (exact) mass is 524 g/mol. The molecule has 0 atom stereocenters. The van der Waals surface area contributed by atoms with Crippen LogP contribution in [0.1, 0.15) is 29.7 Å². The topological polar surface area (TPSA) is 72.9 Å². The lowest BCUT2D eigenvalue weighted by Crippen LogP contribution is -2.27. The van der Waals surface area contributed by atoms with Gasteiger partial charge in [0, 0.05) is 54.7 Å². The number of hydrogen-bond acceptors (Lipinski definition) is 7. The highest BCUT2D eigenvalue weighted by Gasteiger charge is 2.16. The maximum absolute atomic E-state index is 5.27. The summed E-state index contributed by atoms with van der Waals surface area (Å²) in [5, 5.41) is 15.2. The SMILES string of the molecule is Cc1cc(-c2ccc3c(c2)CCN(CCCCSc2nnc(-c4ccc5ncccc5c4)n2C)CC3)no1. The van der Waals surface area contributed by atoms with Crippen LogP contribution in [-0.2, 0) is 19.9 Å². The van der Waals surface area contributed by atoms with E-state index < -0.39 is 0 Å². The van der Waals surface area contributed by atoms with Gasteiger partial charge in [0.05, 0.1) is 5.52 Å². The van der Waals surface area contributed by atoms with Crippen molar-refractivity contribution < 1.29 is 4.52 Å². The average molecular weight is 525 g/mol. The summed E-state index contributed by atoms with van der Waals surface area (Å²) < 4.78 is 7.37. The van der Waals surface area contributed by atoms with Gasteiger partial charge in [-0.25, -0.2) is 0 Å². The van der Waals surface area contributed by atoms with Gasteiger partial charge in [-0.1, -0.05) is 35.1 Å². The van der Waals surface area contributed by atoms with Crippen LogP contribution in [0.3, 0.4) is 0 Å². The third kappa shape index (κ3) is 5.37. The maximum Gasteiger partial charge on any atom is 0.191 e. The molecule has 0 bridgehead atoms. The summed E-state index contributed by atoms with van der Waals surface area (Å²) in [6.07, 6.45) is 6.36. The Morgan fingerprint density at radius 1 is 0.921 bits per heavy atom. The molecule has 0 unspecified atom stereocenters. The fourth-order valence-electron chi connectivity index (χ4n) is 5.16. The Bertz CT molecular complexity index is 1560. The molecule has 4 heterocycles. The quantitative estimate of drug-likeness (QED) is 0.183. The number of aromatic nitrogens is 5. The van der Waals surface area contributed by atoms with Gasteiger partial charge in [0.1, 0.15) is 11.5 Å². The van der Waals surface area contributed by atoms with Crippen molar-refractivity contribution in [3.05, 3.63) is 77.7 Å². The lowest BCUT2D eigenvalue weighted by Gasteiger charge is -2.19. The summed E-state index contributed by atoms with van der Waals surface area (Å²) in [7, 11) is 2.05. The van der Waals surface area contributed by atoms with Gasteiger partial charge in [-0.2, -0.15) is 0 Å². The molecule has 2 aromatic carbocycles. The molecule has 3 aromatic heterocycles. The van der Waals surface area contributed by atoms with Crippen LogP contribution in [0.5, 0.6) is 0 Å². The molecule has 7 nitrogen and oxygen atoms in total. The van der Waals surface area contributed by atoms with Gasteiger partial charge in [-0.3, -0.25) is 4.98 Å². The summed E-state index contributed by atoms with van der Waals surface area (Å²) in [6.45, 7) is 5.30. The molecule has 194 valence electrons. The number of nitrogens with zero attached hydrogens (tertiary/aromatic N) is 6. The molecule has 5 aromatic rings. The van der Waals surface area contributed by atoms with Crippen LogP contribution in [-0.4, -0.2) is 55.2 Å². The zero-order chi connectivity index (χ0) is 25.9. The number of fused-ring (bicyclic) bond motifs is 2. The highest BCUT2D eigenvalue weighted by atomic mass is 32.2. The van der Waals surface area contributed by atoms with E-state index in [2.05, 4.69) is 73.3 Å². The number of aryl methyl sites for hydroxylation is 1. The fraction of sp³-hybridized carbons (Fsp3) is 0.333. The minimum Gasteiger partial charge on any atom is -0.361 e. The maximum atomic E-state index is 5.27. The summed E-state index contributed by atoms with van der Waals surface area (Å²) in [4.78, 5) is 7.02. The van der Waals surface area contributed by atoms with Gasteiger partial charge in [-0.05, 0) is 80.6 Å². The minimum absolute atomic E-state index is 0.849. The van der Waals surface area contributed by atoms with E-state index in [0.29, 0.717) is 0 Å². The fourth-order valence-corrected chi connectivity index (χ4v) is 6.07. The second kappa shape index (κ2) is 11.1. The number of rotatable bonds is 8. The highest BCUT2D eigenvalue weighted by molar-refractivity contribution is 7.99. The largest absolute Gasteiger partial charge is 0.361 e. The van der Waals surface area contributed by atoms with E-state index in [-0.39, 0.29) is 0 Å². The van der Waals surface area contributed by atoms with Crippen molar-refractivity contribution in [3.63, 3.8) is 0 Å². The Morgan fingerprint density at radius 2 is 1.79 bits per heavy atom. The second-order valence-electron chi connectivity index (χ2n) is 9.98. The molecule has 6 rings (SSSR count). The Kier molecular flexibility index (Phi) is 7.25. The molecule has 0 aliphatic carbocycles. The van der Waals surface area contributed by atoms with Gasteiger partial charge >= 0.3 is 0 Å². The number of pyridine rings is 1. The van der Waals surface area contributed by atoms with Crippen LogP contribution < -0.4 is 0 Å². The molecular formula is C30H32N6OS. The Balaban J connectivity index is 0.983. The van der Waals surface area contributed by atoms with Crippen molar-refractivity contribution in [2.24, 2.45) is 7.05 Å². The van der Waals surface area contributed by atoms with Crippen molar-refractivity contribution in [1.29, 1.82) is 0 Å². The predicted molar refractivity (Wildman–Crippen MR) is 152 cm³/mol. The van der Waals surface area contributed by atoms with Crippen molar-refractivity contribution in [2.75, 3.05) is 25.4 Å². The molecule has 0 spiro atoms. The standard InChI is InChI=1S/C30H32N6OS/c1-21-18-28(34-37-21)25-8-7-22-11-15-36(16-12-23(22)19-25)14-3-4-17-38-30-33-32-29(35(30)2)26-9-10-27-24(20-26)6-5-13-31-27/h5-10,13,18-20H,3-4,11-12,14-17H2,1-2H3. The van der Waals surface area contributed by atoms with E-state index in [1.165, 1.54) is 17.5 Å². The molecule has 0 saturated heterocycles. The Morgan fingerprint density at radius 3 is 2.66 bits per heavy atom. The van der Waals surface area contributed by atoms with Crippen molar-refractivity contribution >= 4 is 22.7 Å². The van der Waals surface area contributed by atoms with E-state index >= 15 is 0 Å². The van der Waals surface area contributed by atoms with Crippen LogP contribution in [0.4, 0.5) is 0 Å². The second-order valence-corrected chi connectivity index (χ2v) is 11.0. The third-order valence-electron chi connectivity index (χ3n) is 7.32. The van der Waals surface area contributed by atoms with Crippen LogP contribution in [0.15, 0.2) is 70.5 Å². The third-order valence-corrected chi connectivity index (χ3v) is 8.43. The summed E-state index contributed by atoms with van der Waals surface area (Å²) in [6, 6.07) is 19.1. The minimum atomic E-state index is 0.849. The van der Waals surface area contributed by atoms with Gasteiger partial charge in [0.15, 0.2) is 11.0 Å². The molecule has 0 N–H and O–H groups in total. The zero-order valence-corrected chi connectivity index (χ0v) is 22.7. The van der Waals surface area contributed by atoms with Crippen molar-refractivity contribution in [3.8, 4) is 22.6 Å². The molecule has 0 amide bonds. The molecule has 1 aliphatic heterocycles. The van der Waals surface area contributed by atoms with Crippen molar-refractivity contribution in [1.82, 2.24) is 29.8 Å². The van der Waals surface area contributed by atoms with Crippen LogP contribution >= 0.6 is 11.8 Å². The first kappa shape index (κ1) is 24.8. The first-order valence-electron chi connectivity index (χ1n) is 13.3. The van der Waals surface area contributed by atoms with Gasteiger partial charge in [0.25, 0.3) is 0 Å². The van der Waals surface area contributed by atoms with Gasteiger partial charge < -0.3 is 14.0 Å². The van der Waals surface area contributed by atoms with E-state index in [4.69, 9.17) is 4.52 Å². The van der Waals surface area contributed by atoms with Gasteiger partial charge in [0.2, 0.25) is 0 Å². The van der Waals surface area contributed by atoms with Crippen LogP contribution in [0.2, 0.25) is 0 Å². The number of hydrogen-bond donors (Lipinski definition) is 0. The zero-order valence-electron chi connectivity index (χ0n) is 21.9. The molecule has 0 saturated carbocycles.